The summed E-state index contributed by atoms with van der Waals surface area (Å²) < 4.78 is 5.46. The van der Waals surface area contributed by atoms with Crippen LogP contribution < -0.4 is 21.3 Å². The highest BCUT2D eigenvalue weighted by molar-refractivity contribution is 5.93. The molecule has 12 nitrogen and oxygen atoms in total. The lowest BCUT2D eigenvalue weighted by atomic mass is 9.96. The lowest BCUT2D eigenvalue weighted by Crippen LogP contribution is -2.57. The molecule has 1 heterocycles. The second-order valence-electron chi connectivity index (χ2n) is 13.2. The van der Waals surface area contributed by atoms with Gasteiger partial charge in [-0.3, -0.25) is 14.4 Å². The molecule has 0 aliphatic heterocycles. The molecular weight excluding hydrogens is 636 g/mol. The molecule has 4 atom stereocenters. The van der Waals surface area contributed by atoms with Crippen LogP contribution in [0.15, 0.2) is 85.3 Å². The topological polar surface area (TPSA) is 175 Å². The third kappa shape index (κ3) is 11.7. The Balaban J connectivity index is 1.57. The molecule has 0 aliphatic carbocycles. The van der Waals surface area contributed by atoms with Crippen LogP contribution in [0.5, 0.6) is 0 Å². The van der Waals surface area contributed by atoms with Gasteiger partial charge < -0.3 is 36.1 Å². The van der Waals surface area contributed by atoms with Crippen molar-refractivity contribution in [2.45, 2.75) is 90.3 Å². The summed E-state index contributed by atoms with van der Waals surface area (Å²) in [6.07, 6.45) is 1.47. The van der Waals surface area contributed by atoms with Crippen molar-refractivity contribution in [1.29, 1.82) is 0 Å². The van der Waals surface area contributed by atoms with Gasteiger partial charge in [0.2, 0.25) is 17.7 Å². The average Bonchev–Trinajstić information content (AvgIpc) is 3.59. The second kappa shape index (κ2) is 18.5. The molecule has 3 aromatic carbocycles. The Labute approximate surface area is 292 Å². The number of amides is 4. The smallest absolute Gasteiger partial charge is 0.408 e. The van der Waals surface area contributed by atoms with Crippen molar-refractivity contribution < 1.29 is 29.0 Å². The molecule has 0 aliphatic rings. The first-order chi connectivity index (χ1) is 24.0. The van der Waals surface area contributed by atoms with Gasteiger partial charge in [-0.25, -0.2) is 9.78 Å². The number of alkyl carbamates (subject to hydrolysis) is 1. The quantitative estimate of drug-likeness (QED) is 0.0977. The Kier molecular flexibility index (Phi) is 13.9. The molecule has 0 fully saturated rings. The number of H-pyrrole nitrogens is 1. The number of fused-ring (bicyclic) bond motifs is 1. The van der Waals surface area contributed by atoms with Gasteiger partial charge in [-0.1, -0.05) is 86.6 Å². The average molecular weight is 685 g/mol. The number of hydrogen-bond donors (Lipinski definition) is 6. The summed E-state index contributed by atoms with van der Waals surface area (Å²) in [6.45, 7) is 7.55. The molecule has 0 saturated carbocycles. The number of ether oxygens (including phenoxy) is 1. The maximum Gasteiger partial charge on any atom is 0.408 e. The first-order valence-electron chi connectivity index (χ1n) is 17.0. The molecule has 4 rings (SSSR count). The molecule has 0 bridgehead atoms. The van der Waals surface area contributed by atoms with Crippen molar-refractivity contribution in [3.8, 4) is 0 Å². The molecular formula is C38H48N6O6. The van der Waals surface area contributed by atoms with Gasteiger partial charge in [-0.15, -0.1) is 0 Å². The van der Waals surface area contributed by atoms with E-state index in [1.54, 1.807) is 6.20 Å². The van der Waals surface area contributed by atoms with Crippen molar-refractivity contribution in [2.75, 3.05) is 0 Å². The van der Waals surface area contributed by atoms with E-state index >= 15 is 0 Å². The molecule has 0 spiro atoms. The molecule has 0 saturated heterocycles. The summed E-state index contributed by atoms with van der Waals surface area (Å²) in [5.41, 5.74) is 2.12. The van der Waals surface area contributed by atoms with E-state index in [0.717, 1.165) is 21.9 Å². The molecule has 2 unspecified atom stereocenters. The molecule has 6 N–H and O–H groups in total. The van der Waals surface area contributed by atoms with Gasteiger partial charge in [0.15, 0.2) is 0 Å². The Morgan fingerprint density at radius 3 is 2.18 bits per heavy atom. The fraction of sp³-hybridized carbons (Fsp3) is 0.395. The minimum atomic E-state index is -1.16. The van der Waals surface area contributed by atoms with Gasteiger partial charge in [-0.05, 0) is 48.1 Å². The van der Waals surface area contributed by atoms with Gasteiger partial charge in [0, 0.05) is 25.1 Å². The molecule has 4 amide bonds. The number of hydrogen-bond acceptors (Lipinski definition) is 7. The van der Waals surface area contributed by atoms with E-state index in [-0.39, 0.29) is 43.7 Å². The predicted octanol–water partition coefficient (Wildman–Crippen LogP) is 3.93. The number of imidazole rings is 1. The van der Waals surface area contributed by atoms with Gasteiger partial charge in [0.05, 0.1) is 30.6 Å². The number of aromatic amines is 1. The van der Waals surface area contributed by atoms with Gasteiger partial charge >= 0.3 is 6.09 Å². The second-order valence-corrected chi connectivity index (χ2v) is 13.2. The molecule has 50 heavy (non-hydrogen) atoms. The largest absolute Gasteiger partial charge is 0.445 e. The third-order valence-electron chi connectivity index (χ3n) is 8.09. The number of carbonyl (C=O) groups excluding carboxylic acids is 4. The zero-order chi connectivity index (χ0) is 36.0. The van der Waals surface area contributed by atoms with Crippen molar-refractivity contribution in [3.63, 3.8) is 0 Å². The molecule has 1 aromatic heterocycles. The van der Waals surface area contributed by atoms with Crippen LogP contribution in [0.1, 0.15) is 57.4 Å². The number of aliphatic hydroxyl groups excluding tert-OH is 1. The van der Waals surface area contributed by atoms with Crippen LogP contribution in [0.4, 0.5) is 4.79 Å². The van der Waals surface area contributed by atoms with Crippen LogP contribution in [0, 0.1) is 5.92 Å². The maximum atomic E-state index is 14.1. The summed E-state index contributed by atoms with van der Waals surface area (Å²) in [5.74, 6) is -1.43. The third-order valence-corrected chi connectivity index (χ3v) is 8.09. The first-order valence-corrected chi connectivity index (χ1v) is 17.0. The van der Waals surface area contributed by atoms with Crippen molar-refractivity contribution in [2.24, 2.45) is 5.92 Å². The Bertz CT molecular complexity index is 1690. The van der Waals surface area contributed by atoms with Crippen molar-refractivity contribution >= 4 is 34.6 Å². The number of rotatable bonds is 17. The number of benzene rings is 3. The number of aliphatic hydroxyl groups is 1. The normalized spacial score (nSPS) is 13.7. The Hall–Kier alpha value is -5.23. The summed E-state index contributed by atoms with van der Waals surface area (Å²) in [5, 5.41) is 24.1. The summed E-state index contributed by atoms with van der Waals surface area (Å²) in [4.78, 5) is 60.6. The number of aromatic nitrogens is 2. The zero-order valence-electron chi connectivity index (χ0n) is 29.0. The highest BCUT2D eigenvalue weighted by atomic mass is 16.5. The highest BCUT2D eigenvalue weighted by Crippen LogP contribution is 2.20. The van der Waals surface area contributed by atoms with Gasteiger partial charge in [-0.2, -0.15) is 0 Å². The van der Waals surface area contributed by atoms with Gasteiger partial charge in [0.25, 0.3) is 0 Å². The number of nitrogens with zero attached hydrogens (tertiary/aromatic N) is 1. The molecule has 4 aromatic rings. The SMILES string of the molecule is CC(C)CC(NC(=O)[C@H](Cc1c[nH]cn1)NC(=O)[C@H](Cc1cccc2ccccc12)NC(=O)OCc1ccccc1)C(O)CC(=O)NC(C)C. The highest BCUT2D eigenvalue weighted by Gasteiger charge is 2.32. The summed E-state index contributed by atoms with van der Waals surface area (Å²) >= 11 is 0. The minimum absolute atomic E-state index is 0.00816. The minimum Gasteiger partial charge on any atom is -0.445 e. The zero-order valence-corrected chi connectivity index (χ0v) is 29.0. The predicted molar refractivity (Wildman–Crippen MR) is 191 cm³/mol. The van der Waals surface area contributed by atoms with Crippen LogP contribution >= 0.6 is 0 Å². The van der Waals surface area contributed by atoms with Crippen LogP contribution in [0.3, 0.4) is 0 Å². The van der Waals surface area contributed by atoms with Crippen LogP contribution in [-0.2, 0) is 38.6 Å². The Morgan fingerprint density at radius 1 is 0.800 bits per heavy atom. The monoisotopic (exact) mass is 684 g/mol. The van der Waals surface area contributed by atoms with E-state index < -0.39 is 42.1 Å². The summed E-state index contributed by atoms with van der Waals surface area (Å²) in [7, 11) is 0. The summed E-state index contributed by atoms with van der Waals surface area (Å²) in [6, 6.07) is 19.5. The van der Waals surface area contributed by atoms with E-state index in [9.17, 15) is 24.3 Å². The number of carbonyl (C=O) groups is 4. The van der Waals surface area contributed by atoms with Crippen molar-refractivity contribution in [3.05, 3.63) is 102 Å². The van der Waals surface area contributed by atoms with E-state index in [0.29, 0.717) is 12.1 Å². The standard InChI is InChI=1S/C38H48N6O6/c1-24(2)17-31(34(45)20-35(46)41-25(3)4)42-37(48)33(19-29-21-39-23-40-29)43-36(47)32(44-38(49)50-22-26-11-6-5-7-12-26)18-28-15-10-14-27-13-8-9-16-30(27)28/h5-16,21,23-25,31-34,45H,17-20,22H2,1-4H3,(H,39,40)(H,41,46)(H,42,48)(H,43,47)(H,44,49)/t31?,32-,33-,34?/m0/s1. The lowest BCUT2D eigenvalue weighted by Gasteiger charge is -2.29. The van der Waals surface area contributed by atoms with E-state index in [1.807, 2.05) is 100 Å². The molecule has 12 heteroatoms. The molecule has 266 valence electrons. The van der Waals surface area contributed by atoms with Crippen LogP contribution in [-0.4, -0.2) is 69.2 Å². The Morgan fingerprint density at radius 2 is 1.48 bits per heavy atom. The fourth-order valence-electron chi connectivity index (χ4n) is 5.72. The fourth-order valence-corrected chi connectivity index (χ4v) is 5.72. The van der Waals surface area contributed by atoms with Crippen LogP contribution in [0.25, 0.3) is 10.8 Å². The number of nitrogens with one attached hydrogen (secondary N) is 5. The first kappa shape index (κ1) is 37.6. The van der Waals surface area contributed by atoms with Crippen molar-refractivity contribution in [1.82, 2.24) is 31.2 Å². The van der Waals surface area contributed by atoms with Gasteiger partial charge in [0.1, 0.15) is 18.7 Å². The van der Waals surface area contributed by atoms with Crippen LogP contribution in [0.2, 0.25) is 0 Å². The van der Waals surface area contributed by atoms with E-state index in [1.165, 1.54) is 6.33 Å². The van der Waals surface area contributed by atoms with E-state index in [2.05, 4.69) is 31.2 Å². The molecule has 0 radical (unpaired) electrons. The maximum absolute atomic E-state index is 14.1. The lowest BCUT2D eigenvalue weighted by molar-refractivity contribution is -0.131. The van der Waals surface area contributed by atoms with E-state index in [4.69, 9.17) is 4.74 Å².